The molecule has 2 rings (SSSR count). The Kier molecular flexibility index (Phi) is 27.4. The van der Waals surface area contributed by atoms with Gasteiger partial charge >= 0.3 is 0 Å². The fourth-order valence-electron chi connectivity index (χ4n) is 7.41. The molecule has 0 saturated carbocycles. The molecule has 0 aromatic carbocycles. The molecule has 2 fully saturated rings. The van der Waals surface area contributed by atoms with Crippen molar-refractivity contribution in [3.63, 3.8) is 0 Å². The molecule has 0 bridgehead atoms. The quantitative estimate of drug-likeness (QED) is 0.0445. The fourth-order valence-corrected chi connectivity index (χ4v) is 7.41. The van der Waals surface area contributed by atoms with Crippen molar-refractivity contribution in [2.75, 3.05) is 19.8 Å². The first kappa shape index (κ1) is 50.1. The Morgan fingerprint density at radius 3 is 1.55 bits per heavy atom. The van der Waals surface area contributed by atoms with E-state index in [9.17, 15) is 45.6 Å². The Bertz CT molecular complexity index is 946. The number of unbranched alkanes of at least 4 members (excludes halogenated alkanes) is 19. The fraction of sp³-hybridized carbons (Fsp3) is 0.976. The zero-order chi connectivity index (χ0) is 40.4. The zero-order valence-electron chi connectivity index (χ0n) is 33.9. The van der Waals surface area contributed by atoms with E-state index < -0.39 is 86.8 Å². The predicted molar refractivity (Wildman–Crippen MR) is 208 cm³/mol. The second-order valence-corrected chi connectivity index (χ2v) is 15.8. The van der Waals surface area contributed by atoms with Crippen molar-refractivity contribution in [1.29, 1.82) is 0 Å². The Balaban J connectivity index is 1.91. The number of carbonyl (C=O) groups excluding carboxylic acids is 1. The van der Waals surface area contributed by atoms with Crippen LogP contribution in [0.1, 0.15) is 162 Å². The van der Waals surface area contributed by atoms with E-state index in [0.717, 1.165) is 51.4 Å². The molecule has 2 heterocycles. The van der Waals surface area contributed by atoms with Crippen LogP contribution < -0.4 is 5.32 Å². The number of nitrogens with one attached hydrogen (secondary N) is 1. The van der Waals surface area contributed by atoms with Gasteiger partial charge < -0.3 is 65.1 Å². The van der Waals surface area contributed by atoms with Crippen LogP contribution in [0.3, 0.4) is 0 Å². The summed E-state index contributed by atoms with van der Waals surface area (Å²) in [6.45, 7) is 2.79. The van der Waals surface area contributed by atoms with Crippen molar-refractivity contribution < 1.29 is 64.6 Å². The minimum Gasteiger partial charge on any atom is -0.394 e. The Morgan fingerprint density at radius 1 is 0.582 bits per heavy atom. The van der Waals surface area contributed by atoms with E-state index in [1.807, 2.05) is 0 Å². The molecule has 2 aliphatic heterocycles. The third-order valence-corrected chi connectivity index (χ3v) is 11.1. The van der Waals surface area contributed by atoms with E-state index in [4.69, 9.17) is 18.9 Å². The number of hydrogen-bond acceptors (Lipinski definition) is 13. The summed E-state index contributed by atoms with van der Waals surface area (Å²) in [5.41, 5.74) is 0. The van der Waals surface area contributed by atoms with Gasteiger partial charge in [-0.2, -0.15) is 0 Å². The lowest BCUT2D eigenvalue weighted by Gasteiger charge is -2.46. The maximum Gasteiger partial charge on any atom is 0.220 e. The third kappa shape index (κ3) is 19.1. The molecule has 326 valence electrons. The van der Waals surface area contributed by atoms with Gasteiger partial charge in [0.1, 0.15) is 48.8 Å². The second-order valence-electron chi connectivity index (χ2n) is 15.8. The zero-order valence-corrected chi connectivity index (χ0v) is 33.9. The number of ether oxygens (including phenoxy) is 4. The van der Waals surface area contributed by atoms with Gasteiger partial charge in [-0.25, -0.2) is 0 Å². The van der Waals surface area contributed by atoms with E-state index in [-0.39, 0.29) is 12.5 Å². The third-order valence-electron chi connectivity index (χ3n) is 11.1. The summed E-state index contributed by atoms with van der Waals surface area (Å²) in [4.78, 5) is 13.0. The molecule has 14 nitrogen and oxygen atoms in total. The van der Waals surface area contributed by atoms with Crippen molar-refractivity contribution in [2.24, 2.45) is 0 Å². The number of hydrogen-bond donors (Lipinski definition) is 9. The van der Waals surface area contributed by atoms with Crippen molar-refractivity contribution in [1.82, 2.24) is 5.32 Å². The second kappa shape index (κ2) is 30.1. The van der Waals surface area contributed by atoms with Crippen LogP contribution in [0.5, 0.6) is 0 Å². The van der Waals surface area contributed by atoms with Gasteiger partial charge in [0.15, 0.2) is 12.6 Å². The summed E-state index contributed by atoms with van der Waals surface area (Å²) in [7, 11) is 0. The lowest BCUT2D eigenvalue weighted by molar-refractivity contribution is -0.359. The standard InChI is InChI=1S/C41H79NO13/c1-3-5-7-9-11-13-15-17-19-21-23-25-33(46)42-29(30(45)24-22-20-18-16-14-12-10-8-6-4-2)28-52-40-38(51)36(49)39(32(27-44)54-40)55-41-37(50)35(48)34(47)31(26-43)53-41/h29-32,34-41,43-45,47-51H,3-28H2,1-2H3,(H,42,46)/t29-,30+,31+,32+,34-,35?,36?,37?,38?,39+,40+,41-/m0/s1. The van der Waals surface area contributed by atoms with Crippen LogP contribution in [0, 0.1) is 0 Å². The maximum absolute atomic E-state index is 13.0. The highest BCUT2D eigenvalue weighted by molar-refractivity contribution is 5.76. The summed E-state index contributed by atoms with van der Waals surface area (Å²) in [6, 6.07) is -0.817. The van der Waals surface area contributed by atoms with Gasteiger partial charge in [0.2, 0.25) is 5.91 Å². The molecule has 55 heavy (non-hydrogen) atoms. The van der Waals surface area contributed by atoms with Crippen LogP contribution in [0.2, 0.25) is 0 Å². The van der Waals surface area contributed by atoms with E-state index in [1.54, 1.807) is 0 Å². The van der Waals surface area contributed by atoms with Gasteiger partial charge in [-0.1, -0.05) is 142 Å². The molecular formula is C41H79NO13. The van der Waals surface area contributed by atoms with Crippen LogP contribution in [0.25, 0.3) is 0 Å². The highest BCUT2D eigenvalue weighted by Gasteiger charge is 2.51. The Morgan fingerprint density at radius 2 is 1.04 bits per heavy atom. The monoisotopic (exact) mass is 794 g/mol. The number of aliphatic hydroxyl groups is 8. The van der Waals surface area contributed by atoms with E-state index in [2.05, 4.69) is 19.2 Å². The molecular weight excluding hydrogens is 714 g/mol. The molecule has 0 aromatic rings. The Labute approximate surface area is 330 Å². The van der Waals surface area contributed by atoms with Crippen molar-refractivity contribution in [3.8, 4) is 0 Å². The van der Waals surface area contributed by atoms with Crippen LogP contribution in [0.4, 0.5) is 0 Å². The van der Waals surface area contributed by atoms with E-state index in [0.29, 0.717) is 12.8 Å². The van der Waals surface area contributed by atoms with E-state index >= 15 is 0 Å². The summed E-state index contributed by atoms with van der Waals surface area (Å²) < 4.78 is 22.6. The van der Waals surface area contributed by atoms with Crippen molar-refractivity contribution >= 4 is 5.91 Å². The number of rotatable bonds is 32. The van der Waals surface area contributed by atoms with Crippen molar-refractivity contribution in [2.45, 2.75) is 235 Å². The smallest absolute Gasteiger partial charge is 0.220 e. The topological polar surface area (TPSA) is 228 Å². The molecule has 0 radical (unpaired) electrons. The van der Waals surface area contributed by atoms with Crippen LogP contribution in [-0.4, -0.2) is 140 Å². The molecule has 4 unspecified atom stereocenters. The average Bonchev–Trinajstić information content (AvgIpc) is 3.18. The molecule has 0 spiro atoms. The SMILES string of the molecule is CCCCCCCCCCCCCC(=O)N[C@@H](CO[C@@H]1O[C@H](CO)[C@@H](O[C@@H]2O[C@H](CO)[C@H](O)C(O)C2O)C(O)C1O)[C@H](O)CCCCCCCCCCCC. The lowest BCUT2D eigenvalue weighted by Crippen LogP contribution is -2.65. The van der Waals surface area contributed by atoms with Crippen molar-refractivity contribution in [3.05, 3.63) is 0 Å². The summed E-state index contributed by atoms with van der Waals surface area (Å²) in [6.07, 6.45) is 8.39. The van der Waals surface area contributed by atoms with E-state index in [1.165, 1.54) is 83.5 Å². The predicted octanol–water partition coefficient (Wildman–Crippen LogP) is 3.48. The number of carbonyl (C=O) groups is 1. The highest BCUT2D eigenvalue weighted by Crippen LogP contribution is 2.30. The molecule has 0 aliphatic carbocycles. The summed E-state index contributed by atoms with van der Waals surface area (Å²) in [5.74, 6) is -0.210. The van der Waals surface area contributed by atoms with Gasteiger partial charge in [0.05, 0.1) is 32.0 Å². The number of aliphatic hydroxyl groups excluding tert-OH is 8. The largest absolute Gasteiger partial charge is 0.394 e. The molecule has 12 atom stereocenters. The molecule has 9 N–H and O–H groups in total. The normalized spacial score (nSPS) is 29.6. The molecule has 0 aromatic heterocycles. The molecule has 1 amide bonds. The minimum absolute atomic E-state index is 0.210. The number of amides is 1. The maximum atomic E-state index is 13.0. The van der Waals surface area contributed by atoms with Gasteiger partial charge in [-0.15, -0.1) is 0 Å². The summed E-state index contributed by atoms with van der Waals surface area (Å²) in [5, 5.41) is 86.3. The van der Waals surface area contributed by atoms with Gasteiger partial charge in [0, 0.05) is 6.42 Å². The minimum atomic E-state index is -1.78. The first-order valence-electron chi connectivity index (χ1n) is 21.8. The molecule has 2 aliphatic rings. The molecule has 2 saturated heterocycles. The van der Waals surface area contributed by atoms with Gasteiger partial charge in [-0.3, -0.25) is 4.79 Å². The van der Waals surface area contributed by atoms with Gasteiger partial charge in [-0.05, 0) is 12.8 Å². The van der Waals surface area contributed by atoms with Crippen LogP contribution in [0.15, 0.2) is 0 Å². The first-order valence-corrected chi connectivity index (χ1v) is 21.8. The lowest BCUT2D eigenvalue weighted by atomic mass is 9.97. The molecule has 14 heteroatoms. The highest BCUT2D eigenvalue weighted by atomic mass is 16.7. The van der Waals surface area contributed by atoms with Crippen LogP contribution >= 0.6 is 0 Å². The first-order chi connectivity index (χ1) is 26.6. The average molecular weight is 794 g/mol. The van der Waals surface area contributed by atoms with Gasteiger partial charge in [0.25, 0.3) is 0 Å². The summed E-state index contributed by atoms with van der Waals surface area (Å²) >= 11 is 0. The Hall–Kier alpha value is -1.01. The van der Waals surface area contributed by atoms with Crippen LogP contribution in [-0.2, 0) is 23.7 Å².